The molecule has 2 rings (SSSR count). The van der Waals surface area contributed by atoms with Crippen LogP contribution >= 0.6 is 0 Å². The lowest BCUT2D eigenvalue weighted by Crippen LogP contribution is -2.30. The SMILES string of the molecule is CC(=O)Nc1ccc(NC(=O)C(C)Oc2ccc(N(C)S(C)(=O)=O)cc2)cc1. The van der Waals surface area contributed by atoms with Crippen molar-refractivity contribution in [3.05, 3.63) is 48.5 Å². The lowest BCUT2D eigenvalue weighted by atomic mass is 10.2. The van der Waals surface area contributed by atoms with Gasteiger partial charge in [0, 0.05) is 25.3 Å². The Morgan fingerprint density at radius 3 is 1.93 bits per heavy atom. The summed E-state index contributed by atoms with van der Waals surface area (Å²) >= 11 is 0. The van der Waals surface area contributed by atoms with E-state index in [0.29, 0.717) is 22.8 Å². The molecular formula is C19H23N3O5S. The van der Waals surface area contributed by atoms with E-state index in [9.17, 15) is 18.0 Å². The van der Waals surface area contributed by atoms with E-state index in [1.807, 2.05) is 0 Å². The highest BCUT2D eigenvalue weighted by molar-refractivity contribution is 7.92. The molecular weight excluding hydrogens is 382 g/mol. The molecule has 1 atom stereocenters. The molecule has 28 heavy (non-hydrogen) atoms. The molecule has 2 aromatic carbocycles. The molecule has 0 aliphatic heterocycles. The van der Waals surface area contributed by atoms with Crippen LogP contribution in [0.25, 0.3) is 0 Å². The van der Waals surface area contributed by atoms with E-state index in [2.05, 4.69) is 10.6 Å². The standard InChI is InChI=1S/C19H23N3O5S/c1-13(19(24)21-16-7-5-15(6-8-16)20-14(2)23)27-18-11-9-17(10-12-18)22(3)28(4,25)26/h5-13H,1-4H3,(H,20,23)(H,21,24). The number of ether oxygens (including phenoxy) is 1. The Morgan fingerprint density at radius 1 is 0.964 bits per heavy atom. The summed E-state index contributed by atoms with van der Waals surface area (Å²) in [7, 11) is -1.89. The minimum atomic E-state index is -3.34. The fourth-order valence-electron chi connectivity index (χ4n) is 2.27. The predicted molar refractivity (Wildman–Crippen MR) is 109 cm³/mol. The van der Waals surface area contributed by atoms with Crippen molar-refractivity contribution in [1.29, 1.82) is 0 Å². The molecule has 0 saturated carbocycles. The Balaban J connectivity index is 1.95. The van der Waals surface area contributed by atoms with Crippen LogP contribution in [0.15, 0.2) is 48.5 Å². The minimum Gasteiger partial charge on any atom is -0.481 e. The Labute approximate surface area is 164 Å². The number of nitrogens with one attached hydrogen (secondary N) is 2. The van der Waals surface area contributed by atoms with Gasteiger partial charge in [0.1, 0.15) is 5.75 Å². The fourth-order valence-corrected chi connectivity index (χ4v) is 2.77. The summed E-state index contributed by atoms with van der Waals surface area (Å²) < 4.78 is 29.9. The van der Waals surface area contributed by atoms with Gasteiger partial charge in [-0.15, -0.1) is 0 Å². The Bertz CT molecular complexity index is 941. The first-order valence-electron chi connectivity index (χ1n) is 8.45. The van der Waals surface area contributed by atoms with E-state index in [0.717, 1.165) is 10.6 Å². The topological polar surface area (TPSA) is 105 Å². The van der Waals surface area contributed by atoms with E-state index in [-0.39, 0.29) is 11.8 Å². The minimum absolute atomic E-state index is 0.174. The van der Waals surface area contributed by atoms with Gasteiger partial charge in [-0.2, -0.15) is 0 Å². The van der Waals surface area contributed by atoms with Crippen LogP contribution in [0.3, 0.4) is 0 Å². The molecule has 2 aromatic rings. The number of anilines is 3. The Kier molecular flexibility index (Phi) is 6.63. The Morgan fingerprint density at radius 2 is 1.46 bits per heavy atom. The lowest BCUT2D eigenvalue weighted by Gasteiger charge is -2.18. The third-order valence-corrected chi connectivity index (χ3v) is 5.06. The quantitative estimate of drug-likeness (QED) is 0.736. The van der Waals surface area contributed by atoms with E-state index in [1.165, 1.54) is 14.0 Å². The van der Waals surface area contributed by atoms with Crippen molar-refractivity contribution in [1.82, 2.24) is 0 Å². The van der Waals surface area contributed by atoms with Gasteiger partial charge < -0.3 is 15.4 Å². The molecule has 0 fully saturated rings. The number of hydrogen-bond acceptors (Lipinski definition) is 5. The molecule has 2 amide bonds. The van der Waals surface area contributed by atoms with Gasteiger partial charge in [0.15, 0.2) is 6.10 Å². The first-order chi connectivity index (χ1) is 13.1. The van der Waals surface area contributed by atoms with Crippen LogP contribution in [0.1, 0.15) is 13.8 Å². The van der Waals surface area contributed by atoms with Crippen LogP contribution in [0.4, 0.5) is 17.1 Å². The fraction of sp³-hybridized carbons (Fsp3) is 0.263. The van der Waals surface area contributed by atoms with Gasteiger partial charge in [-0.3, -0.25) is 13.9 Å². The summed E-state index contributed by atoms with van der Waals surface area (Å²) in [4.78, 5) is 23.3. The van der Waals surface area contributed by atoms with Crippen molar-refractivity contribution < 1.29 is 22.7 Å². The maximum absolute atomic E-state index is 12.3. The second-order valence-corrected chi connectivity index (χ2v) is 8.25. The summed E-state index contributed by atoms with van der Waals surface area (Å²) in [6.07, 6.45) is 0.348. The molecule has 150 valence electrons. The van der Waals surface area contributed by atoms with E-state index < -0.39 is 16.1 Å². The van der Waals surface area contributed by atoms with Gasteiger partial charge in [0.05, 0.1) is 11.9 Å². The van der Waals surface area contributed by atoms with Crippen molar-refractivity contribution in [2.24, 2.45) is 0 Å². The van der Waals surface area contributed by atoms with Gasteiger partial charge in [-0.25, -0.2) is 8.42 Å². The Hall–Kier alpha value is -3.07. The maximum Gasteiger partial charge on any atom is 0.265 e. The molecule has 0 radical (unpaired) electrons. The molecule has 0 saturated heterocycles. The molecule has 0 spiro atoms. The summed E-state index contributed by atoms with van der Waals surface area (Å²) in [6.45, 7) is 3.03. The van der Waals surface area contributed by atoms with E-state index in [4.69, 9.17) is 4.74 Å². The molecule has 2 N–H and O–H groups in total. The van der Waals surface area contributed by atoms with Crippen LogP contribution in [0, 0.1) is 0 Å². The second kappa shape index (κ2) is 8.75. The van der Waals surface area contributed by atoms with Crippen LogP contribution in [-0.2, 0) is 19.6 Å². The van der Waals surface area contributed by atoms with Gasteiger partial charge in [-0.1, -0.05) is 0 Å². The summed E-state index contributed by atoms with van der Waals surface area (Å²) in [5, 5.41) is 5.37. The van der Waals surface area contributed by atoms with Crippen molar-refractivity contribution in [3.8, 4) is 5.75 Å². The molecule has 0 heterocycles. The normalized spacial score (nSPS) is 12.0. The number of carbonyl (C=O) groups excluding carboxylic acids is 2. The zero-order valence-electron chi connectivity index (χ0n) is 16.1. The average molecular weight is 405 g/mol. The van der Waals surface area contributed by atoms with Gasteiger partial charge in [-0.05, 0) is 55.5 Å². The van der Waals surface area contributed by atoms with E-state index in [1.54, 1.807) is 55.5 Å². The third-order valence-electron chi connectivity index (χ3n) is 3.85. The summed E-state index contributed by atoms with van der Waals surface area (Å²) in [6, 6.07) is 13.1. The average Bonchev–Trinajstić information content (AvgIpc) is 2.62. The van der Waals surface area contributed by atoms with Gasteiger partial charge in [0.2, 0.25) is 15.9 Å². The largest absolute Gasteiger partial charge is 0.481 e. The summed E-state index contributed by atoms with van der Waals surface area (Å²) in [5.41, 5.74) is 1.69. The number of carbonyl (C=O) groups is 2. The number of rotatable bonds is 7. The highest BCUT2D eigenvalue weighted by Gasteiger charge is 2.16. The molecule has 0 bridgehead atoms. The number of amides is 2. The number of benzene rings is 2. The molecule has 0 aliphatic rings. The third kappa shape index (κ3) is 5.98. The molecule has 0 aliphatic carbocycles. The zero-order valence-corrected chi connectivity index (χ0v) is 16.9. The first kappa shape index (κ1) is 21.2. The van der Waals surface area contributed by atoms with Crippen molar-refractivity contribution in [2.75, 3.05) is 28.2 Å². The van der Waals surface area contributed by atoms with Crippen LogP contribution in [-0.4, -0.2) is 39.6 Å². The lowest BCUT2D eigenvalue weighted by molar-refractivity contribution is -0.122. The summed E-state index contributed by atoms with van der Waals surface area (Å²) in [5.74, 6) is -0.0773. The molecule has 8 nitrogen and oxygen atoms in total. The predicted octanol–water partition coefficient (Wildman–Crippen LogP) is 2.45. The maximum atomic E-state index is 12.3. The van der Waals surface area contributed by atoms with Crippen LogP contribution < -0.4 is 19.7 Å². The van der Waals surface area contributed by atoms with E-state index >= 15 is 0 Å². The van der Waals surface area contributed by atoms with Crippen LogP contribution in [0.2, 0.25) is 0 Å². The molecule has 1 unspecified atom stereocenters. The van der Waals surface area contributed by atoms with Gasteiger partial charge in [0.25, 0.3) is 5.91 Å². The van der Waals surface area contributed by atoms with Gasteiger partial charge >= 0.3 is 0 Å². The first-order valence-corrected chi connectivity index (χ1v) is 10.3. The monoisotopic (exact) mass is 405 g/mol. The van der Waals surface area contributed by atoms with Crippen molar-refractivity contribution >= 4 is 38.9 Å². The smallest absolute Gasteiger partial charge is 0.265 e. The highest BCUT2D eigenvalue weighted by atomic mass is 32.2. The second-order valence-electron chi connectivity index (χ2n) is 6.23. The zero-order chi connectivity index (χ0) is 20.9. The van der Waals surface area contributed by atoms with Crippen molar-refractivity contribution in [3.63, 3.8) is 0 Å². The molecule has 0 aromatic heterocycles. The molecule has 9 heteroatoms. The number of hydrogen-bond donors (Lipinski definition) is 2. The van der Waals surface area contributed by atoms with Crippen LogP contribution in [0.5, 0.6) is 5.75 Å². The van der Waals surface area contributed by atoms with Crippen molar-refractivity contribution in [2.45, 2.75) is 20.0 Å². The number of sulfonamides is 1. The highest BCUT2D eigenvalue weighted by Crippen LogP contribution is 2.21. The number of nitrogens with zero attached hydrogens (tertiary/aromatic N) is 1.